The fourth-order valence-electron chi connectivity index (χ4n) is 2.74. The van der Waals surface area contributed by atoms with Crippen molar-refractivity contribution in [2.75, 3.05) is 0 Å². The molecule has 1 unspecified atom stereocenters. The van der Waals surface area contributed by atoms with Crippen LogP contribution in [0.4, 0.5) is 0 Å². The van der Waals surface area contributed by atoms with E-state index in [1.165, 1.54) is 19.2 Å². The highest BCUT2D eigenvalue weighted by atomic mass is 16.3. The quantitative estimate of drug-likeness (QED) is 0.492. The molecule has 0 radical (unpaired) electrons. The van der Waals surface area contributed by atoms with Crippen LogP contribution < -0.4 is 0 Å². The lowest BCUT2D eigenvalue weighted by molar-refractivity contribution is 0.655. The maximum absolute atomic E-state index is 8.34. The van der Waals surface area contributed by atoms with Crippen molar-refractivity contribution in [2.45, 2.75) is 26.5 Å². The largest absolute Gasteiger partial charge is 0.437 e. The molecule has 1 atom stereocenters. The van der Waals surface area contributed by atoms with E-state index in [4.69, 9.17) is 14.0 Å². The molecule has 0 aliphatic carbocycles. The van der Waals surface area contributed by atoms with Gasteiger partial charge in [0.25, 0.3) is 0 Å². The van der Waals surface area contributed by atoms with Gasteiger partial charge in [0.05, 0.1) is 5.69 Å². The van der Waals surface area contributed by atoms with Crippen LogP contribution in [0.3, 0.4) is 0 Å². The standard InChI is InChI=1S/C20H18N2O/c1-12(2)17-11-22-18(10-13(17)3)16-7-4-6-14-15-8-5-9-21-20(15)23-19(14)16/h4-12H,1-3H3/i1D3,3D3,12D. The summed E-state index contributed by atoms with van der Waals surface area (Å²) in [5.41, 5.74) is 1.47. The number of hydrogen-bond donors (Lipinski definition) is 0. The Morgan fingerprint density at radius 1 is 1.17 bits per heavy atom. The van der Waals surface area contributed by atoms with Gasteiger partial charge in [0.2, 0.25) is 5.71 Å². The van der Waals surface area contributed by atoms with E-state index in [-0.39, 0.29) is 11.1 Å². The molecule has 0 bridgehead atoms. The minimum Gasteiger partial charge on any atom is -0.437 e. The highest BCUT2D eigenvalue weighted by molar-refractivity contribution is 6.08. The molecule has 4 rings (SSSR count). The lowest BCUT2D eigenvalue weighted by Gasteiger charge is -2.11. The first-order valence-corrected chi connectivity index (χ1v) is 7.19. The highest BCUT2D eigenvalue weighted by Gasteiger charge is 2.14. The molecular formula is C20H18N2O. The van der Waals surface area contributed by atoms with Crippen LogP contribution in [0.5, 0.6) is 0 Å². The van der Waals surface area contributed by atoms with E-state index in [0.29, 0.717) is 22.6 Å². The maximum Gasteiger partial charge on any atom is 0.227 e. The average molecular weight is 309 g/mol. The lowest BCUT2D eigenvalue weighted by atomic mass is 9.98. The van der Waals surface area contributed by atoms with Crippen LogP contribution in [-0.2, 0) is 0 Å². The fraction of sp³-hybridized carbons (Fsp3) is 0.200. The highest BCUT2D eigenvalue weighted by Crippen LogP contribution is 2.34. The zero-order valence-electron chi connectivity index (χ0n) is 19.4. The molecule has 114 valence electrons. The number of furan rings is 1. The van der Waals surface area contributed by atoms with E-state index < -0.39 is 19.6 Å². The Morgan fingerprint density at radius 3 is 2.96 bits per heavy atom. The van der Waals surface area contributed by atoms with Gasteiger partial charge in [0.15, 0.2) is 0 Å². The summed E-state index contributed by atoms with van der Waals surface area (Å²) in [6, 6.07) is 10.4. The van der Waals surface area contributed by atoms with Gasteiger partial charge in [-0.2, -0.15) is 0 Å². The minimum absolute atomic E-state index is 0.148. The van der Waals surface area contributed by atoms with Crippen molar-refractivity contribution in [1.29, 1.82) is 0 Å². The molecule has 3 aromatic heterocycles. The Labute approximate surface area is 144 Å². The summed E-state index contributed by atoms with van der Waals surface area (Å²) < 4.78 is 61.0. The summed E-state index contributed by atoms with van der Waals surface area (Å²) >= 11 is 0. The number of aryl methyl sites for hydroxylation is 1. The monoisotopic (exact) mass is 309 g/mol. The topological polar surface area (TPSA) is 38.9 Å². The van der Waals surface area contributed by atoms with Crippen molar-refractivity contribution in [1.82, 2.24) is 9.97 Å². The third kappa shape index (κ3) is 2.20. The van der Waals surface area contributed by atoms with Crippen molar-refractivity contribution < 1.29 is 14.0 Å². The van der Waals surface area contributed by atoms with Crippen LogP contribution >= 0.6 is 0 Å². The van der Waals surface area contributed by atoms with Crippen molar-refractivity contribution in [3.05, 3.63) is 59.9 Å². The predicted molar refractivity (Wildman–Crippen MR) is 93.6 cm³/mol. The SMILES string of the molecule is [2H]C([2H])([2H])c1cc(-c2cccc3c2oc2ncccc23)ncc1C([2H])(C)C([2H])([2H])[2H]. The third-order valence-electron chi connectivity index (χ3n) is 3.86. The maximum atomic E-state index is 8.34. The number of benzene rings is 1. The number of pyridine rings is 2. The van der Waals surface area contributed by atoms with Crippen LogP contribution in [0.25, 0.3) is 33.3 Å². The molecule has 23 heavy (non-hydrogen) atoms. The first kappa shape index (κ1) is 8.25. The summed E-state index contributed by atoms with van der Waals surface area (Å²) in [6.45, 7) is -4.16. The van der Waals surface area contributed by atoms with Crippen molar-refractivity contribution in [3.63, 3.8) is 0 Å². The first-order valence-electron chi connectivity index (χ1n) is 10.7. The number of aromatic nitrogens is 2. The molecule has 0 spiro atoms. The molecule has 3 nitrogen and oxygen atoms in total. The number of nitrogens with zero attached hydrogens (tertiary/aromatic N) is 2. The van der Waals surface area contributed by atoms with Crippen LogP contribution in [0.15, 0.2) is 53.2 Å². The Kier molecular flexibility index (Phi) is 1.86. The van der Waals surface area contributed by atoms with Crippen LogP contribution in [-0.4, -0.2) is 9.97 Å². The lowest BCUT2D eigenvalue weighted by Crippen LogP contribution is -1.95. The molecule has 0 N–H and O–H groups in total. The van der Waals surface area contributed by atoms with Crippen LogP contribution in [0.2, 0.25) is 0 Å². The van der Waals surface area contributed by atoms with E-state index in [2.05, 4.69) is 9.97 Å². The summed E-state index contributed by atoms with van der Waals surface area (Å²) in [7, 11) is 0. The van der Waals surface area contributed by atoms with Crippen LogP contribution in [0.1, 0.15) is 40.4 Å². The summed E-state index contributed by atoms with van der Waals surface area (Å²) in [5.74, 6) is -2.13. The van der Waals surface area contributed by atoms with E-state index in [9.17, 15) is 0 Å². The van der Waals surface area contributed by atoms with Gasteiger partial charge in [-0.3, -0.25) is 4.98 Å². The van der Waals surface area contributed by atoms with E-state index in [0.717, 1.165) is 10.8 Å². The number of rotatable bonds is 2. The van der Waals surface area contributed by atoms with Crippen molar-refractivity contribution in [3.8, 4) is 11.3 Å². The smallest absolute Gasteiger partial charge is 0.227 e. The summed E-state index contributed by atoms with van der Waals surface area (Å²) in [4.78, 5) is 8.54. The molecule has 0 aliphatic heterocycles. The Hall–Kier alpha value is -2.68. The average Bonchev–Trinajstić information content (AvgIpc) is 3.04. The number of fused-ring (bicyclic) bond motifs is 3. The summed E-state index contributed by atoms with van der Waals surface area (Å²) in [5, 5.41) is 1.63. The molecule has 0 aliphatic rings. The Bertz CT molecular complexity index is 1260. The van der Waals surface area contributed by atoms with Gasteiger partial charge in [0.1, 0.15) is 5.58 Å². The second kappa shape index (κ2) is 5.20. The molecule has 0 saturated heterocycles. The number of hydrogen-bond acceptors (Lipinski definition) is 3. The van der Waals surface area contributed by atoms with Gasteiger partial charge in [-0.1, -0.05) is 25.9 Å². The molecule has 4 aromatic rings. The minimum atomic E-state index is -2.72. The normalized spacial score (nSPS) is 19.8. The van der Waals surface area contributed by atoms with E-state index in [1.54, 1.807) is 24.4 Å². The van der Waals surface area contributed by atoms with Crippen molar-refractivity contribution in [2.24, 2.45) is 0 Å². The van der Waals surface area contributed by atoms with E-state index >= 15 is 0 Å². The molecule has 0 fully saturated rings. The Balaban J connectivity index is 1.98. The second-order valence-electron chi connectivity index (χ2n) is 5.38. The number of para-hydroxylation sites is 1. The molecule has 3 heterocycles. The van der Waals surface area contributed by atoms with Gasteiger partial charge in [-0.15, -0.1) is 0 Å². The zero-order chi connectivity index (χ0) is 21.9. The second-order valence-corrected chi connectivity index (χ2v) is 5.38. The predicted octanol–water partition coefficient (Wildman–Crippen LogP) is 5.47. The molecule has 0 saturated carbocycles. The molecule has 0 amide bonds. The van der Waals surface area contributed by atoms with Crippen LogP contribution in [0, 0.1) is 6.85 Å². The summed E-state index contributed by atoms with van der Waals surface area (Å²) in [6.07, 6.45) is 2.80. The Morgan fingerprint density at radius 2 is 2.09 bits per heavy atom. The third-order valence-corrected chi connectivity index (χ3v) is 3.86. The van der Waals surface area contributed by atoms with Crippen molar-refractivity contribution >= 4 is 22.1 Å². The molecular weight excluding hydrogens is 284 g/mol. The first-order chi connectivity index (χ1) is 13.9. The fourth-order valence-corrected chi connectivity index (χ4v) is 2.74. The van der Waals surface area contributed by atoms with Gasteiger partial charge < -0.3 is 4.42 Å². The zero-order valence-corrected chi connectivity index (χ0v) is 12.4. The van der Waals surface area contributed by atoms with Gasteiger partial charge in [0, 0.05) is 38.3 Å². The van der Waals surface area contributed by atoms with E-state index in [1.807, 2.05) is 12.1 Å². The van der Waals surface area contributed by atoms with Gasteiger partial charge in [-0.25, -0.2) is 4.98 Å². The van der Waals surface area contributed by atoms with Gasteiger partial charge in [-0.05, 0) is 48.1 Å². The van der Waals surface area contributed by atoms with Gasteiger partial charge >= 0.3 is 0 Å². The molecule has 3 heteroatoms. The molecule has 1 aromatic carbocycles.